The molecule has 0 aromatic carbocycles. The molecule has 0 aromatic heterocycles. The van der Waals surface area contributed by atoms with Crippen molar-refractivity contribution >= 4 is 18.5 Å². The molecule has 6 heavy (non-hydrogen) atoms. The van der Waals surface area contributed by atoms with E-state index in [1.807, 2.05) is 0 Å². The summed E-state index contributed by atoms with van der Waals surface area (Å²) in [6.07, 6.45) is 0. The van der Waals surface area contributed by atoms with E-state index in [1.165, 1.54) is 0 Å². The van der Waals surface area contributed by atoms with Crippen molar-refractivity contribution < 1.29 is 12.4 Å². The third-order valence-electron chi connectivity index (χ3n) is 0. The summed E-state index contributed by atoms with van der Waals surface area (Å²) < 4.78 is 0. The molecule has 0 aromatic rings. The highest BCUT2D eigenvalue weighted by molar-refractivity contribution is 7.18. The minimum absolute atomic E-state index is 0. The van der Waals surface area contributed by atoms with E-state index in [9.17, 15) is 0 Å². The van der Waals surface area contributed by atoms with Crippen LogP contribution in [0.3, 0.4) is 0 Å². The maximum absolute atomic E-state index is 5.67. The Morgan fingerprint density at radius 3 is 1.17 bits per heavy atom. The molecule has 0 fully saturated rings. The smallest absolute Gasteiger partial charge is 0.147 e. The van der Waals surface area contributed by atoms with Gasteiger partial charge in [0, 0.05) is 0 Å². The first-order valence-electron chi connectivity index (χ1n) is 1.69. The van der Waals surface area contributed by atoms with E-state index in [0.717, 1.165) is 0 Å². The van der Waals surface area contributed by atoms with E-state index in [4.69, 9.17) is 11.1 Å². The van der Waals surface area contributed by atoms with E-state index < -0.39 is 7.38 Å². The van der Waals surface area contributed by atoms with Gasteiger partial charge in [-0.05, 0) is 0 Å². The van der Waals surface area contributed by atoms with Gasteiger partial charge in [-0.15, -0.1) is 0 Å². The van der Waals surface area contributed by atoms with Crippen LogP contribution in [0.5, 0.6) is 0 Å². The Balaban J connectivity index is 0. The summed E-state index contributed by atoms with van der Waals surface area (Å²) in [5.74, 6) is 0. The summed E-state index contributed by atoms with van der Waals surface area (Å²) in [6.45, 7) is 6.28. The average molecular weight is 144 g/mol. The van der Waals surface area contributed by atoms with Crippen LogP contribution in [-0.2, 0) is 0 Å². The molecule has 0 saturated heterocycles. The standard InChI is InChI=1S/C3H9ClSi.ClH/c1-5(2,3)4;/h1-3H3;1H/p-1. The molecule has 0 atom stereocenters. The molecule has 0 radical (unpaired) electrons. The number of hydrogen-bond donors (Lipinski definition) is 0. The predicted molar refractivity (Wildman–Crippen MR) is 29.2 cm³/mol. The van der Waals surface area contributed by atoms with Crippen LogP contribution in [0, 0.1) is 0 Å². The van der Waals surface area contributed by atoms with E-state index in [2.05, 4.69) is 19.6 Å². The van der Waals surface area contributed by atoms with Crippen LogP contribution in [0.15, 0.2) is 0 Å². The van der Waals surface area contributed by atoms with Gasteiger partial charge in [-0.2, -0.15) is 11.1 Å². The van der Waals surface area contributed by atoms with Gasteiger partial charge in [0.25, 0.3) is 0 Å². The van der Waals surface area contributed by atoms with Gasteiger partial charge in [0.05, 0.1) is 0 Å². The molecular weight excluding hydrogens is 135 g/mol. The molecule has 40 valence electrons. The molecule has 0 aliphatic carbocycles. The fourth-order valence-electron chi connectivity index (χ4n) is 0. The van der Waals surface area contributed by atoms with Gasteiger partial charge in [-0.1, -0.05) is 19.6 Å². The van der Waals surface area contributed by atoms with Crippen LogP contribution in [0.2, 0.25) is 19.6 Å². The Hall–Kier alpha value is 0.797. The lowest BCUT2D eigenvalue weighted by molar-refractivity contribution is -0.00000130. The van der Waals surface area contributed by atoms with Gasteiger partial charge in [-0.25, -0.2) is 0 Å². The SMILES string of the molecule is C[Si](C)(C)Cl.[Cl-]. The van der Waals surface area contributed by atoms with E-state index in [-0.39, 0.29) is 12.4 Å². The minimum atomic E-state index is -1.14. The summed E-state index contributed by atoms with van der Waals surface area (Å²) in [4.78, 5) is 0. The number of halogens is 2. The topological polar surface area (TPSA) is 0 Å². The molecule has 0 aliphatic rings. The van der Waals surface area contributed by atoms with Crippen molar-refractivity contribution in [2.45, 2.75) is 19.6 Å². The van der Waals surface area contributed by atoms with Crippen LogP contribution in [0.4, 0.5) is 0 Å². The first-order chi connectivity index (χ1) is 2.00. The summed E-state index contributed by atoms with van der Waals surface area (Å²) in [5.41, 5.74) is 0. The first-order valence-corrected chi connectivity index (χ1v) is 6.20. The summed E-state index contributed by atoms with van der Waals surface area (Å²) in [5, 5.41) is 0. The summed E-state index contributed by atoms with van der Waals surface area (Å²) >= 11 is 5.67. The van der Waals surface area contributed by atoms with Gasteiger partial charge >= 0.3 is 0 Å². The van der Waals surface area contributed by atoms with Gasteiger partial charge in [0.15, 0.2) is 0 Å². The van der Waals surface area contributed by atoms with E-state index >= 15 is 0 Å². The highest BCUT2D eigenvalue weighted by Gasteiger charge is 2.04. The minimum Gasteiger partial charge on any atom is -1.00 e. The monoisotopic (exact) mass is 143 g/mol. The van der Waals surface area contributed by atoms with Crippen molar-refractivity contribution in [1.82, 2.24) is 0 Å². The number of hydrogen-bond acceptors (Lipinski definition) is 0. The molecule has 0 amide bonds. The maximum Gasteiger partial charge on any atom is 0.147 e. The molecule has 0 bridgehead atoms. The fraction of sp³-hybridized carbons (Fsp3) is 1.00. The quantitative estimate of drug-likeness (QED) is 0.304. The van der Waals surface area contributed by atoms with Gasteiger partial charge in [-0.3, -0.25) is 0 Å². The zero-order chi connectivity index (χ0) is 4.50. The van der Waals surface area contributed by atoms with Crippen molar-refractivity contribution in [3.05, 3.63) is 0 Å². The molecule has 0 spiro atoms. The summed E-state index contributed by atoms with van der Waals surface area (Å²) in [7, 11) is -1.14. The van der Waals surface area contributed by atoms with Crippen molar-refractivity contribution in [1.29, 1.82) is 0 Å². The zero-order valence-electron chi connectivity index (χ0n) is 4.26. The predicted octanol–water partition coefficient (Wildman–Crippen LogP) is -0.936. The van der Waals surface area contributed by atoms with Gasteiger partial charge in [0.2, 0.25) is 0 Å². The second-order valence-corrected chi connectivity index (χ2v) is 9.60. The molecule has 3 heteroatoms. The maximum atomic E-state index is 5.67. The van der Waals surface area contributed by atoms with Crippen molar-refractivity contribution in [3.63, 3.8) is 0 Å². The van der Waals surface area contributed by atoms with Crippen LogP contribution in [0.25, 0.3) is 0 Å². The Morgan fingerprint density at radius 2 is 1.17 bits per heavy atom. The highest BCUT2D eigenvalue weighted by atomic mass is 35.6. The van der Waals surface area contributed by atoms with Crippen molar-refractivity contribution in [2.75, 3.05) is 0 Å². The first kappa shape index (κ1) is 9.93. The molecule has 0 saturated carbocycles. The second kappa shape index (κ2) is 2.89. The van der Waals surface area contributed by atoms with E-state index in [1.54, 1.807) is 0 Å². The third kappa shape index (κ3) is 109. The van der Waals surface area contributed by atoms with Gasteiger partial charge < -0.3 is 12.4 Å². The van der Waals surface area contributed by atoms with Crippen molar-refractivity contribution in [3.8, 4) is 0 Å². The molecule has 0 nitrogen and oxygen atoms in total. The fourth-order valence-corrected chi connectivity index (χ4v) is 0. The average Bonchev–Trinajstić information content (AvgIpc) is 0.722. The summed E-state index contributed by atoms with van der Waals surface area (Å²) in [6, 6.07) is 0. The zero-order valence-corrected chi connectivity index (χ0v) is 6.77. The normalized spacial score (nSPS) is 10.0. The molecule has 0 rings (SSSR count). The Labute approximate surface area is 51.0 Å². The largest absolute Gasteiger partial charge is 1.00 e. The lowest BCUT2D eigenvalue weighted by Gasteiger charge is -1.97. The highest BCUT2D eigenvalue weighted by Crippen LogP contribution is 2.03. The lowest BCUT2D eigenvalue weighted by Crippen LogP contribution is -3.00. The van der Waals surface area contributed by atoms with Crippen LogP contribution in [-0.4, -0.2) is 7.38 Å². The van der Waals surface area contributed by atoms with Crippen LogP contribution < -0.4 is 12.4 Å². The van der Waals surface area contributed by atoms with Crippen molar-refractivity contribution in [2.24, 2.45) is 0 Å². The van der Waals surface area contributed by atoms with Crippen LogP contribution in [0.1, 0.15) is 0 Å². The Morgan fingerprint density at radius 1 is 1.17 bits per heavy atom. The third-order valence-corrected chi connectivity index (χ3v) is 0. The number of rotatable bonds is 0. The molecule has 0 aliphatic heterocycles. The molecular formula is C3H9Cl2Si-. The van der Waals surface area contributed by atoms with Crippen LogP contribution >= 0.6 is 11.1 Å². The molecule has 0 heterocycles. The molecule has 0 unspecified atom stereocenters. The lowest BCUT2D eigenvalue weighted by atomic mass is 11.8. The molecule has 0 N–H and O–H groups in total. The van der Waals surface area contributed by atoms with E-state index in [0.29, 0.717) is 0 Å². The second-order valence-electron chi connectivity index (χ2n) is 2.07. The Kier molecular flexibility index (Phi) is 4.78. The Bertz CT molecular complexity index is 24.3. The van der Waals surface area contributed by atoms with Gasteiger partial charge in [0.1, 0.15) is 7.38 Å².